The third kappa shape index (κ3) is 4.12. The highest BCUT2D eigenvalue weighted by Gasteiger charge is 2.40. The van der Waals surface area contributed by atoms with Crippen LogP contribution in [-0.4, -0.2) is 14.1 Å². The van der Waals surface area contributed by atoms with Gasteiger partial charge in [0.1, 0.15) is 0 Å². The Labute approximate surface area is 185 Å². The topological polar surface area (TPSA) is 38.2 Å². The number of nitrogens with zero attached hydrogens (tertiary/aromatic N) is 1. The Morgan fingerprint density at radius 1 is 0.419 bits per heavy atom. The molecular weight excluding hydrogens is 416 g/mol. The Kier molecular flexibility index (Phi) is 6.73. The molecule has 0 aliphatic carbocycles. The van der Waals surface area contributed by atoms with Crippen molar-refractivity contribution in [3.63, 3.8) is 0 Å². The second-order valence-corrected chi connectivity index (χ2v) is 13.4. The molecule has 0 aromatic heterocycles. The number of rotatable bonds is 6. The highest BCUT2D eigenvalue weighted by Crippen LogP contribution is 2.45. The average molecular weight is 444 g/mol. The predicted molar refractivity (Wildman–Crippen MR) is 138 cm³/mol. The van der Waals surface area contributed by atoms with E-state index in [9.17, 15) is 0 Å². The summed E-state index contributed by atoms with van der Waals surface area (Å²) in [6, 6.07) is 42.6. The van der Waals surface area contributed by atoms with Gasteiger partial charge in [-0.15, -0.1) is 4.17 Å². The molecule has 0 aliphatic rings. The van der Waals surface area contributed by atoms with Crippen LogP contribution in [0.25, 0.3) is 0 Å². The molecule has 0 unspecified atom stereocenters. The summed E-state index contributed by atoms with van der Waals surface area (Å²) in [7, 11) is -0.499. The summed E-state index contributed by atoms with van der Waals surface area (Å²) in [5.74, 6) is 0. The SMILES string of the molecule is CNP(=[N+]=P(NC)(c1ccccc1)c1ccccc1)(c1ccccc1)c1ccccc1. The molecule has 3 nitrogen and oxygen atoms in total. The van der Waals surface area contributed by atoms with Crippen LogP contribution in [0.3, 0.4) is 0 Å². The zero-order valence-corrected chi connectivity index (χ0v) is 19.7. The molecule has 0 radical (unpaired) electrons. The molecule has 0 spiro atoms. The van der Waals surface area contributed by atoms with E-state index in [2.05, 4.69) is 132 Å². The quantitative estimate of drug-likeness (QED) is 0.348. The maximum atomic E-state index is 5.86. The summed E-state index contributed by atoms with van der Waals surface area (Å²) in [5.41, 5.74) is 0. The van der Waals surface area contributed by atoms with Crippen molar-refractivity contribution < 1.29 is 0 Å². The Balaban J connectivity index is 2.30. The standard InChI is InChI=1S/C26H27N3P2/c1-27-30(23-15-7-3-8-16-23,24-17-9-4-10-18-24)29-31(28-2,25-19-11-5-12-20-25)26-21-13-6-14-22-26/h3-22H,1-2H3,(H,27,28,29)/p+1. The van der Waals surface area contributed by atoms with Crippen LogP contribution in [0.15, 0.2) is 121 Å². The lowest BCUT2D eigenvalue weighted by Gasteiger charge is -2.18. The molecule has 156 valence electrons. The minimum atomic E-state index is -2.29. The molecular formula is C26H28N3P2+. The van der Waals surface area contributed by atoms with Crippen molar-refractivity contribution in [1.82, 2.24) is 14.3 Å². The van der Waals surface area contributed by atoms with Crippen molar-refractivity contribution in [3.05, 3.63) is 121 Å². The first kappa shape index (κ1) is 21.6. The maximum absolute atomic E-state index is 5.86. The molecule has 0 fully saturated rings. The van der Waals surface area contributed by atoms with E-state index in [-0.39, 0.29) is 0 Å². The van der Waals surface area contributed by atoms with Gasteiger partial charge in [0.25, 0.3) is 0 Å². The van der Waals surface area contributed by atoms with Crippen molar-refractivity contribution in [2.24, 2.45) is 0 Å². The fourth-order valence-electron chi connectivity index (χ4n) is 3.89. The molecule has 0 heterocycles. The molecule has 0 saturated heterocycles. The number of hydrogen-bond donors (Lipinski definition) is 2. The van der Waals surface area contributed by atoms with Gasteiger partial charge >= 0.3 is 14.4 Å². The van der Waals surface area contributed by atoms with E-state index in [4.69, 9.17) is 4.17 Å². The lowest BCUT2D eigenvalue weighted by molar-refractivity contribution is 1.24. The van der Waals surface area contributed by atoms with Gasteiger partial charge in [0.15, 0.2) is 0 Å². The fraction of sp³-hybridized carbons (Fsp3) is 0.0769. The monoisotopic (exact) mass is 444 g/mol. The van der Waals surface area contributed by atoms with E-state index >= 15 is 0 Å². The maximum Gasteiger partial charge on any atom is 0.339 e. The van der Waals surface area contributed by atoms with Gasteiger partial charge in [-0.1, -0.05) is 72.8 Å². The molecule has 0 bridgehead atoms. The minimum Gasteiger partial charge on any atom is -0.232 e. The molecule has 4 aromatic rings. The van der Waals surface area contributed by atoms with Gasteiger partial charge < -0.3 is 0 Å². The molecule has 0 atom stereocenters. The van der Waals surface area contributed by atoms with Crippen LogP contribution >= 0.6 is 14.4 Å². The Bertz CT molecular complexity index is 1050. The summed E-state index contributed by atoms with van der Waals surface area (Å²) < 4.78 is 5.86. The zero-order valence-electron chi connectivity index (χ0n) is 17.9. The summed E-state index contributed by atoms with van der Waals surface area (Å²) in [6.07, 6.45) is 0. The van der Waals surface area contributed by atoms with Gasteiger partial charge in [-0.3, -0.25) is 0 Å². The van der Waals surface area contributed by atoms with E-state index in [1.54, 1.807) is 0 Å². The predicted octanol–water partition coefficient (Wildman–Crippen LogP) is 4.03. The van der Waals surface area contributed by atoms with Gasteiger partial charge in [-0.25, -0.2) is 10.2 Å². The Morgan fingerprint density at radius 3 is 0.839 bits per heavy atom. The number of nitrogens with one attached hydrogen (secondary N) is 2. The normalized spacial score (nSPS) is 11.7. The molecule has 0 aliphatic heterocycles. The van der Waals surface area contributed by atoms with E-state index < -0.39 is 14.4 Å². The summed E-state index contributed by atoms with van der Waals surface area (Å²) in [4.78, 5) is 0. The van der Waals surface area contributed by atoms with Crippen LogP contribution in [0.2, 0.25) is 0 Å². The minimum absolute atomic E-state index is 1.22. The first-order chi connectivity index (χ1) is 15.2. The number of hydrogen-bond acceptors (Lipinski definition) is 0. The van der Waals surface area contributed by atoms with Crippen molar-refractivity contribution in [2.45, 2.75) is 0 Å². The number of benzene rings is 4. The fourth-order valence-corrected chi connectivity index (χ4v) is 11.9. The van der Waals surface area contributed by atoms with Gasteiger partial charge in [-0.05, 0) is 62.6 Å². The zero-order chi connectivity index (χ0) is 21.6. The van der Waals surface area contributed by atoms with Crippen LogP contribution in [0.4, 0.5) is 0 Å². The van der Waals surface area contributed by atoms with Gasteiger partial charge in [0.05, 0.1) is 21.2 Å². The Morgan fingerprint density at radius 2 is 0.645 bits per heavy atom. The van der Waals surface area contributed by atoms with Crippen molar-refractivity contribution in [2.75, 3.05) is 14.1 Å². The molecule has 2 N–H and O–H groups in total. The lowest BCUT2D eigenvalue weighted by atomic mass is 10.4. The van der Waals surface area contributed by atoms with Gasteiger partial charge in [-0.2, -0.15) is 0 Å². The van der Waals surface area contributed by atoms with Crippen LogP contribution in [0.1, 0.15) is 0 Å². The highest BCUT2D eigenvalue weighted by molar-refractivity contribution is 7.85. The molecule has 4 rings (SSSR count). The second kappa shape index (κ2) is 9.67. The van der Waals surface area contributed by atoms with E-state index in [0.29, 0.717) is 0 Å². The summed E-state index contributed by atoms with van der Waals surface area (Å²) in [6.45, 7) is 0. The highest BCUT2D eigenvalue weighted by atomic mass is 31.2. The van der Waals surface area contributed by atoms with Gasteiger partial charge in [0.2, 0.25) is 0 Å². The molecule has 4 aromatic carbocycles. The molecule has 0 amide bonds. The molecule has 31 heavy (non-hydrogen) atoms. The van der Waals surface area contributed by atoms with E-state index in [1.165, 1.54) is 21.2 Å². The van der Waals surface area contributed by atoms with Crippen LogP contribution in [0.5, 0.6) is 0 Å². The average Bonchev–Trinajstić information content (AvgIpc) is 2.87. The largest absolute Gasteiger partial charge is 0.339 e. The smallest absolute Gasteiger partial charge is 0.232 e. The van der Waals surface area contributed by atoms with Crippen molar-refractivity contribution in [1.29, 1.82) is 0 Å². The molecule has 5 heteroatoms. The first-order valence-corrected chi connectivity index (χ1v) is 13.9. The summed E-state index contributed by atoms with van der Waals surface area (Å²) in [5, 5.41) is 12.3. The van der Waals surface area contributed by atoms with Crippen molar-refractivity contribution >= 4 is 35.6 Å². The molecule has 0 saturated carbocycles. The van der Waals surface area contributed by atoms with E-state index in [0.717, 1.165) is 0 Å². The van der Waals surface area contributed by atoms with Crippen LogP contribution in [-0.2, 0) is 0 Å². The van der Waals surface area contributed by atoms with Crippen LogP contribution < -0.4 is 35.6 Å². The summed E-state index contributed by atoms with van der Waals surface area (Å²) >= 11 is 0. The Hall–Kier alpha value is -2.63. The third-order valence-corrected chi connectivity index (χ3v) is 13.1. The van der Waals surface area contributed by atoms with E-state index in [1.807, 2.05) is 14.1 Å². The van der Waals surface area contributed by atoms with Crippen LogP contribution in [0, 0.1) is 0 Å². The van der Waals surface area contributed by atoms with Crippen molar-refractivity contribution in [3.8, 4) is 0 Å². The third-order valence-electron chi connectivity index (χ3n) is 5.43. The first-order valence-electron chi connectivity index (χ1n) is 10.4. The van der Waals surface area contributed by atoms with Gasteiger partial charge in [0, 0.05) is 0 Å². The lowest BCUT2D eigenvalue weighted by Crippen LogP contribution is -2.31. The second-order valence-electron chi connectivity index (χ2n) is 7.15.